The molecule has 7 nitrogen and oxygen atoms in total. The zero-order chi connectivity index (χ0) is 30.8. The third-order valence-electron chi connectivity index (χ3n) is 6.79. The van der Waals surface area contributed by atoms with Crippen LogP contribution in [0.1, 0.15) is 24.5 Å². The summed E-state index contributed by atoms with van der Waals surface area (Å²) in [6, 6.07) is 29.6. The maximum atomic E-state index is 14.4. The van der Waals surface area contributed by atoms with Crippen LogP contribution in [0.2, 0.25) is 10.0 Å². The Morgan fingerprint density at radius 1 is 0.791 bits per heavy atom. The highest BCUT2D eigenvalue weighted by Crippen LogP contribution is 2.26. The molecule has 0 aliphatic heterocycles. The maximum absolute atomic E-state index is 14.4. The van der Waals surface area contributed by atoms with E-state index in [0.717, 1.165) is 9.87 Å². The fourth-order valence-electron chi connectivity index (χ4n) is 4.61. The summed E-state index contributed by atoms with van der Waals surface area (Å²) in [5.41, 5.74) is 1.82. The van der Waals surface area contributed by atoms with Crippen LogP contribution in [-0.4, -0.2) is 44.3 Å². The Labute approximate surface area is 263 Å². The smallest absolute Gasteiger partial charge is 0.264 e. The second-order valence-electron chi connectivity index (χ2n) is 9.95. The lowest BCUT2D eigenvalue weighted by molar-refractivity contribution is -0.140. The number of carbonyl (C=O) groups is 2. The minimum absolute atomic E-state index is 0.0284. The molecular formula is C33H33Cl2N3O4S. The fourth-order valence-corrected chi connectivity index (χ4v) is 6.38. The van der Waals surface area contributed by atoms with Crippen LogP contribution >= 0.6 is 23.2 Å². The van der Waals surface area contributed by atoms with E-state index in [9.17, 15) is 18.0 Å². The van der Waals surface area contributed by atoms with Crippen LogP contribution in [0.3, 0.4) is 0 Å². The Balaban J connectivity index is 1.78. The summed E-state index contributed by atoms with van der Waals surface area (Å²) in [6.45, 7) is 1.87. The van der Waals surface area contributed by atoms with Crippen LogP contribution in [-0.2, 0) is 32.6 Å². The molecule has 0 spiro atoms. The summed E-state index contributed by atoms with van der Waals surface area (Å²) in [5.74, 6) is -0.882. The summed E-state index contributed by atoms with van der Waals surface area (Å²) < 4.78 is 28.9. The molecule has 0 aromatic heterocycles. The molecule has 4 aromatic carbocycles. The third-order valence-corrected chi connectivity index (χ3v) is 9.06. The molecule has 0 saturated heterocycles. The van der Waals surface area contributed by atoms with Crippen molar-refractivity contribution < 1.29 is 18.0 Å². The van der Waals surface area contributed by atoms with Gasteiger partial charge in [0, 0.05) is 29.6 Å². The van der Waals surface area contributed by atoms with Crippen LogP contribution in [0.4, 0.5) is 5.69 Å². The monoisotopic (exact) mass is 637 g/mol. The second-order valence-corrected chi connectivity index (χ2v) is 12.7. The Bertz CT molecular complexity index is 1620. The Hall–Kier alpha value is -3.85. The summed E-state index contributed by atoms with van der Waals surface area (Å²) in [4.78, 5) is 29.5. The Kier molecular flexibility index (Phi) is 11.2. The van der Waals surface area contributed by atoms with E-state index in [1.165, 1.54) is 17.0 Å². The normalized spacial score (nSPS) is 11.9. The summed E-state index contributed by atoms with van der Waals surface area (Å²) in [7, 11) is -4.17. The number of benzene rings is 4. The van der Waals surface area contributed by atoms with Crippen LogP contribution in [0.25, 0.3) is 0 Å². The van der Waals surface area contributed by atoms with E-state index >= 15 is 0 Å². The first-order valence-electron chi connectivity index (χ1n) is 13.9. The number of amides is 2. The van der Waals surface area contributed by atoms with Crippen LogP contribution in [0.15, 0.2) is 114 Å². The van der Waals surface area contributed by atoms with Crippen molar-refractivity contribution in [3.63, 3.8) is 0 Å². The minimum atomic E-state index is -4.17. The molecule has 0 fully saturated rings. The van der Waals surface area contributed by atoms with E-state index in [1.54, 1.807) is 60.7 Å². The molecule has 0 aliphatic rings. The quantitative estimate of drug-likeness (QED) is 0.185. The van der Waals surface area contributed by atoms with Gasteiger partial charge in [0.2, 0.25) is 11.8 Å². The largest absolute Gasteiger partial charge is 0.354 e. The Morgan fingerprint density at radius 2 is 1.42 bits per heavy atom. The van der Waals surface area contributed by atoms with Crippen LogP contribution in [0.5, 0.6) is 0 Å². The van der Waals surface area contributed by atoms with Gasteiger partial charge in [0.15, 0.2) is 0 Å². The van der Waals surface area contributed by atoms with Crippen molar-refractivity contribution in [2.75, 3.05) is 17.4 Å². The SMILES string of the molecule is CCCNC(=O)C(Cc1ccccc1)N(Cc1cccc(Cl)c1)C(=O)CN(c1ccc(Cl)cc1)S(=O)(=O)c1ccccc1. The predicted octanol–water partition coefficient (Wildman–Crippen LogP) is 6.36. The van der Waals surface area contributed by atoms with Crippen LogP contribution < -0.4 is 9.62 Å². The molecule has 1 N–H and O–H groups in total. The van der Waals surface area contributed by atoms with Gasteiger partial charge in [-0.15, -0.1) is 0 Å². The van der Waals surface area contributed by atoms with Gasteiger partial charge in [0.1, 0.15) is 12.6 Å². The van der Waals surface area contributed by atoms with Gasteiger partial charge < -0.3 is 10.2 Å². The molecule has 4 rings (SSSR count). The van der Waals surface area contributed by atoms with Crippen molar-refractivity contribution in [1.29, 1.82) is 0 Å². The van der Waals surface area contributed by atoms with E-state index in [4.69, 9.17) is 23.2 Å². The molecule has 1 atom stereocenters. The Morgan fingerprint density at radius 3 is 2.05 bits per heavy atom. The lowest BCUT2D eigenvalue weighted by Crippen LogP contribution is -2.53. The molecule has 10 heteroatoms. The topological polar surface area (TPSA) is 86.8 Å². The van der Waals surface area contributed by atoms with Gasteiger partial charge in [-0.05, 0) is 66.1 Å². The second kappa shape index (κ2) is 15.0. The standard InChI is InChI=1S/C33H33Cl2N3O4S/c1-2-20-36-33(40)31(22-25-10-5-3-6-11-25)37(23-26-12-9-13-28(35)21-26)32(39)24-38(29-18-16-27(34)17-19-29)43(41,42)30-14-7-4-8-15-30/h3-19,21,31H,2,20,22-24H2,1H3,(H,36,40). The lowest BCUT2D eigenvalue weighted by Gasteiger charge is -2.34. The number of anilines is 1. The number of nitrogens with one attached hydrogen (secondary N) is 1. The summed E-state index contributed by atoms with van der Waals surface area (Å²) in [6.07, 6.45) is 0.945. The van der Waals surface area contributed by atoms with Crippen molar-refractivity contribution in [3.05, 3.63) is 130 Å². The van der Waals surface area contributed by atoms with Crippen molar-refractivity contribution in [1.82, 2.24) is 10.2 Å². The molecule has 0 heterocycles. The molecule has 1 unspecified atom stereocenters. The van der Waals surface area contributed by atoms with Crippen molar-refractivity contribution in [3.8, 4) is 0 Å². The number of sulfonamides is 1. The first-order chi connectivity index (χ1) is 20.7. The lowest BCUT2D eigenvalue weighted by atomic mass is 10.0. The van der Waals surface area contributed by atoms with Gasteiger partial charge >= 0.3 is 0 Å². The van der Waals surface area contributed by atoms with Crippen molar-refractivity contribution in [2.24, 2.45) is 0 Å². The number of hydrogen-bond acceptors (Lipinski definition) is 4. The van der Waals surface area contributed by atoms with Gasteiger partial charge in [-0.2, -0.15) is 0 Å². The highest BCUT2D eigenvalue weighted by atomic mass is 35.5. The molecule has 0 bridgehead atoms. The molecule has 43 heavy (non-hydrogen) atoms. The molecule has 4 aromatic rings. The van der Waals surface area contributed by atoms with Gasteiger partial charge in [-0.25, -0.2) is 8.42 Å². The van der Waals surface area contributed by atoms with Crippen molar-refractivity contribution in [2.45, 2.75) is 37.2 Å². The molecule has 0 radical (unpaired) electrons. The van der Waals surface area contributed by atoms with Gasteiger partial charge in [-0.1, -0.05) is 90.8 Å². The van der Waals surface area contributed by atoms with E-state index in [2.05, 4.69) is 5.32 Å². The third kappa shape index (κ3) is 8.60. The first-order valence-corrected chi connectivity index (χ1v) is 16.1. The van der Waals surface area contributed by atoms with E-state index in [1.807, 2.05) is 43.3 Å². The molecular weight excluding hydrogens is 605 g/mol. The molecule has 2 amide bonds. The fraction of sp³-hybridized carbons (Fsp3) is 0.212. The highest BCUT2D eigenvalue weighted by Gasteiger charge is 2.34. The number of nitrogens with zero attached hydrogens (tertiary/aromatic N) is 2. The molecule has 224 valence electrons. The van der Waals surface area contributed by atoms with Gasteiger partial charge in [0.25, 0.3) is 10.0 Å². The van der Waals surface area contributed by atoms with Crippen molar-refractivity contribution >= 4 is 50.7 Å². The number of carbonyl (C=O) groups excluding carboxylic acids is 2. The summed E-state index contributed by atoms with van der Waals surface area (Å²) >= 11 is 12.4. The number of halogens is 2. The van der Waals surface area contributed by atoms with Gasteiger partial charge in [0.05, 0.1) is 10.6 Å². The minimum Gasteiger partial charge on any atom is -0.354 e. The summed E-state index contributed by atoms with van der Waals surface area (Å²) in [5, 5.41) is 3.83. The van der Waals surface area contributed by atoms with E-state index in [0.29, 0.717) is 28.6 Å². The predicted molar refractivity (Wildman–Crippen MR) is 172 cm³/mol. The van der Waals surface area contributed by atoms with Gasteiger partial charge in [-0.3, -0.25) is 13.9 Å². The van der Waals surface area contributed by atoms with Crippen LogP contribution in [0, 0.1) is 0 Å². The number of hydrogen-bond donors (Lipinski definition) is 1. The maximum Gasteiger partial charge on any atom is 0.264 e. The number of rotatable bonds is 13. The zero-order valence-corrected chi connectivity index (χ0v) is 26.0. The zero-order valence-electron chi connectivity index (χ0n) is 23.7. The first kappa shape index (κ1) is 32.1. The average Bonchev–Trinajstić information content (AvgIpc) is 3.01. The highest BCUT2D eigenvalue weighted by molar-refractivity contribution is 7.92. The molecule has 0 aliphatic carbocycles. The van der Waals surface area contributed by atoms with E-state index in [-0.39, 0.29) is 29.5 Å². The molecule has 0 saturated carbocycles. The average molecular weight is 639 g/mol. The van der Waals surface area contributed by atoms with E-state index < -0.39 is 28.5 Å².